The lowest BCUT2D eigenvalue weighted by Crippen LogP contribution is -2.22. The van der Waals surface area contributed by atoms with Gasteiger partial charge in [-0.15, -0.1) is 0 Å². The van der Waals surface area contributed by atoms with E-state index in [0.29, 0.717) is 24.4 Å². The lowest BCUT2D eigenvalue weighted by atomic mass is 10.1. The first kappa shape index (κ1) is 14.6. The van der Waals surface area contributed by atoms with Crippen molar-refractivity contribution in [3.63, 3.8) is 0 Å². The van der Waals surface area contributed by atoms with Crippen LogP contribution in [0.2, 0.25) is 0 Å². The molecule has 22 heavy (non-hydrogen) atoms. The summed E-state index contributed by atoms with van der Waals surface area (Å²) < 4.78 is 39.3. The SMILES string of the molecule is O=C1NCCC1n1ccnc1-c1cccc(CC(F)(F)F)c1. The van der Waals surface area contributed by atoms with Crippen molar-refractivity contribution in [2.45, 2.75) is 25.1 Å². The Hall–Kier alpha value is -2.31. The third kappa shape index (κ3) is 2.98. The van der Waals surface area contributed by atoms with Crippen LogP contribution in [0.1, 0.15) is 18.0 Å². The summed E-state index contributed by atoms with van der Waals surface area (Å²) in [5.41, 5.74) is 0.752. The van der Waals surface area contributed by atoms with Crippen molar-refractivity contribution in [2.75, 3.05) is 6.54 Å². The molecule has 1 N–H and O–H groups in total. The standard InChI is InChI=1S/C15H14F3N3O/c16-15(17,18)9-10-2-1-3-11(8-10)13-19-6-7-21(13)12-4-5-20-14(12)22/h1-3,6-8,12H,4-5,9H2,(H,20,22). The molecule has 1 saturated heterocycles. The van der Waals surface area contributed by atoms with Crippen molar-refractivity contribution in [3.8, 4) is 11.4 Å². The number of amides is 1. The number of hydrogen-bond donors (Lipinski definition) is 1. The van der Waals surface area contributed by atoms with E-state index >= 15 is 0 Å². The molecule has 1 aliphatic rings. The Bertz CT molecular complexity index is 693. The fraction of sp³-hybridized carbons (Fsp3) is 0.333. The van der Waals surface area contributed by atoms with Crippen molar-refractivity contribution in [3.05, 3.63) is 42.2 Å². The van der Waals surface area contributed by atoms with E-state index in [-0.39, 0.29) is 17.5 Å². The van der Waals surface area contributed by atoms with Gasteiger partial charge in [0.05, 0.1) is 6.42 Å². The average Bonchev–Trinajstić information content (AvgIpc) is 3.05. The Kier molecular flexibility index (Phi) is 3.64. The van der Waals surface area contributed by atoms with Crippen LogP contribution in [-0.2, 0) is 11.2 Å². The van der Waals surface area contributed by atoms with E-state index in [4.69, 9.17) is 0 Å². The van der Waals surface area contributed by atoms with Gasteiger partial charge in [-0.2, -0.15) is 13.2 Å². The number of hydrogen-bond acceptors (Lipinski definition) is 2. The third-order valence-corrected chi connectivity index (χ3v) is 3.61. The number of rotatable bonds is 3. The summed E-state index contributed by atoms with van der Waals surface area (Å²) in [4.78, 5) is 16.0. The first-order valence-corrected chi connectivity index (χ1v) is 6.91. The maximum absolute atomic E-state index is 12.5. The Morgan fingerprint density at radius 1 is 1.36 bits per heavy atom. The van der Waals surface area contributed by atoms with E-state index in [1.54, 1.807) is 29.1 Å². The summed E-state index contributed by atoms with van der Waals surface area (Å²) in [6.07, 6.45) is -1.35. The molecule has 0 spiro atoms. The number of benzene rings is 1. The quantitative estimate of drug-likeness (QED) is 0.947. The first-order chi connectivity index (χ1) is 10.4. The number of halogens is 3. The topological polar surface area (TPSA) is 46.9 Å². The Morgan fingerprint density at radius 3 is 2.86 bits per heavy atom. The molecule has 116 valence electrons. The number of nitrogens with zero attached hydrogens (tertiary/aromatic N) is 2. The van der Waals surface area contributed by atoms with E-state index in [9.17, 15) is 18.0 Å². The zero-order valence-corrected chi connectivity index (χ0v) is 11.6. The molecule has 1 aromatic heterocycles. The molecule has 1 unspecified atom stereocenters. The monoisotopic (exact) mass is 309 g/mol. The van der Waals surface area contributed by atoms with E-state index in [2.05, 4.69) is 10.3 Å². The van der Waals surface area contributed by atoms with Gasteiger partial charge in [-0.3, -0.25) is 4.79 Å². The van der Waals surface area contributed by atoms with Crippen molar-refractivity contribution in [1.82, 2.24) is 14.9 Å². The fourth-order valence-corrected chi connectivity index (χ4v) is 2.69. The molecule has 7 heteroatoms. The highest BCUT2D eigenvalue weighted by Crippen LogP contribution is 2.28. The minimum absolute atomic E-state index is 0.0919. The maximum atomic E-state index is 12.5. The zero-order chi connectivity index (χ0) is 15.7. The minimum atomic E-state index is -4.25. The minimum Gasteiger partial charge on any atom is -0.354 e. The van der Waals surface area contributed by atoms with Crippen molar-refractivity contribution in [1.29, 1.82) is 0 Å². The van der Waals surface area contributed by atoms with E-state index in [1.165, 1.54) is 12.1 Å². The van der Waals surface area contributed by atoms with Crippen LogP contribution in [0.4, 0.5) is 13.2 Å². The van der Waals surface area contributed by atoms with Gasteiger partial charge in [-0.05, 0) is 18.1 Å². The molecule has 1 atom stereocenters. The maximum Gasteiger partial charge on any atom is 0.393 e. The van der Waals surface area contributed by atoms with Gasteiger partial charge < -0.3 is 9.88 Å². The average molecular weight is 309 g/mol. The number of alkyl halides is 3. The molecule has 0 bridgehead atoms. The van der Waals surface area contributed by atoms with Crippen molar-refractivity contribution < 1.29 is 18.0 Å². The van der Waals surface area contributed by atoms with Gasteiger partial charge >= 0.3 is 6.18 Å². The molecule has 3 rings (SSSR count). The molecule has 1 aliphatic heterocycles. The van der Waals surface area contributed by atoms with Crippen LogP contribution >= 0.6 is 0 Å². The number of nitrogens with one attached hydrogen (secondary N) is 1. The fourth-order valence-electron chi connectivity index (χ4n) is 2.69. The first-order valence-electron chi connectivity index (χ1n) is 6.91. The van der Waals surface area contributed by atoms with Gasteiger partial charge in [-0.1, -0.05) is 18.2 Å². The zero-order valence-electron chi connectivity index (χ0n) is 11.6. The third-order valence-electron chi connectivity index (χ3n) is 3.61. The molecule has 2 aromatic rings. The second kappa shape index (κ2) is 5.47. The molecule has 1 amide bonds. The largest absolute Gasteiger partial charge is 0.393 e. The molecule has 4 nitrogen and oxygen atoms in total. The summed E-state index contributed by atoms with van der Waals surface area (Å²) in [6.45, 7) is 0.592. The molecule has 0 aliphatic carbocycles. The van der Waals surface area contributed by atoms with Crippen LogP contribution in [-0.4, -0.2) is 28.2 Å². The molecule has 1 fully saturated rings. The lowest BCUT2D eigenvalue weighted by Gasteiger charge is -2.14. The Balaban J connectivity index is 1.94. The highest BCUT2D eigenvalue weighted by Gasteiger charge is 2.29. The molecule has 0 saturated carbocycles. The van der Waals surface area contributed by atoms with Crippen LogP contribution in [0.5, 0.6) is 0 Å². The summed E-state index contributed by atoms with van der Waals surface area (Å²) in [6, 6.07) is 5.82. The second-order valence-electron chi connectivity index (χ2n) is 5.25. The molecule has 0 radical (unpaired) electrons. The van der Waals surface area contributed by atoms with E-state index in [1.807, 2.05) is 0 Å². The van der Waals surface area contributed by atoms with E-state index in [0.717, 1.165) is 0 Å². The molecular weight excluding hydrogens is 295 g/mol. The van der Waals surface area contributed by atoms with Crippen LogP contribution in [0.3, 0.4) is 0 Å². The van der Waals surface area contributed by atoms with Crippen LogP contribution in [0.25, 0.3) is 11.4 Å². The van der Waals surface area contributed by atoms with Gasteiger partial charge in [0.25, 0.3) is 0 Å². The Labute approximate surface area is 125 Å². The predicted molar refractivity (Wildman–Crippen MR) is 74.1 cm³/mol. The molecular formula is C15H14F3N3O. The van der Waals surface area contributed by atoms with E-state index < -0.39 is 12.6 Å². The summed E-state index contributed by atoms with van der Waals surface area (Å²) in [7, 11) is 0. The van der Waals surface area contributed by atoms with Crippen LogP contribution in [0, 0.1) is 0 Å². The van der Waals surface area contributed by atoms with Gasteiger partial charge in [0.2, 0.25) is 5.91 Å². The summed E-state index contributed by atoms with van der Waals surface area (Å²) in [5, 5.41) is 2.74. The van der Waals surface area contributed by atoms with Gasteiger partial charge in [-0.25, -0.2) is 4.98 Å². The smallest absolute Gasteiger partial charge is 0.354 e. The summed E-state index contributed by atoms with van der Waals surface area (Å²) >= 11 is 0. The summed E-state index contributed by atoms with van der Waals surface area (Å²) in [5.74, 6) is 0.414. The van der Waals surface area contributed by atoms with Gasteiger partial charge in [0.15, 0.2) is 0 Å². The molecule has 2 heterocycles. The second-order valence-corrected chi connectivity index (χ2v) is 5.25. The highest BCUT2D eigenvalue weighted by atomic mass is 19.4. The molecule has 1 aromatic carbocycles. The predicted octanol–water partition coefficient (Wildman–Crippen LogP) is 2.72. The van der Waals surface area contributed by atoms with Crippen LogP contribution in [0.15, 0.2) is 36.7 Å². The number of aromatic nitrogens is 2. The van der Waals surface area contributed by atoms with Crippen LogP contribution < -0.4 is 5.32 Å². The number of carbonyl (C=O) groups is 1. The normalized spacial score (nSPS) is 18.5. The highest BCUT2D eigenvalue weighted by molar-refractivity contribution is 5.83. The number of carbonyl (C=O) groups excluding carboxylic acids is 1. The lowest BCUT2D eigenvalue weighted by molar-refractivity contribution is -0.127. The van der Waals surface area contributed by atoms with Crippen molar-refractivity contribution >= 4 is 5.91 Å². The van der Waals surface area contributed by atoms with Gasteiger partial charge in [0, 0.05) is 24.5 Å². The number of imidazole rings is 1. The van der Waals surface area contributed by atoms with Gasteiger partial charge in [0.1, 0.15) is 11.9 Å². The van der Waals surface area contributed by atoms with Crippen molar-refractivity contribution in [2.24, 2.45) is 0 Å². The Morgan fingerprint density at radius 2 is 2.18 bits per heavy atom.